The summed E-state index contributed by atoms with van der Waals surface area (Å²) >= 11 is 0. The van der Waals surface area contributed by atoms with E-state index in [4.69, 9.17) is 9.47 Å². The zero-order chi connectivity index (χ0) is 24.4. The Labute approximate surface area is 196 Å². The van der Waals surface area contributed by atoms with Crippen LogP contribution < -0.4 is 4.74 Å². The number of ether oxygens (including phenoxy) is 2. The van der Waals surface area contributed by atoms with E-state index in [9.17, 15) is 14.9 Å². The number of hydrogen-bond acceptors (Lipinski definition) is 5. The fourth-order valence-corrected chi connectivity index (χ4v) is 3.54. The summed E-state index contributed by atoms with van der Waals surface area (Å²) in [4.78, 5) is 25.2. The van der Waals surface area contributed by atoms with Crippen molar-refractivity contribution in [3.63, 3.8) is 0 Å². The minimum absolute atomic E-state index is 0.0535. The SMILES string of the molecule is CC(C)C[C@H](COc1ccccc1)CN(CCc1ccc([N+](=O)[O-])cc1)C(=O)OC(C)(C)C. The average molecular weight is 457 g/mol. The highest BCUT2D eigenvalue weighted by Crippen LogP contribution is 2.20. The first kappa shape index (κ1) is 26.2. The number of rotatable bonds is 11. The molecule has 33 heavy (non-hydrogen) atoms. The van der Waals surface area contributed by atoms with Crippen molar-refractivity contribution >= 4 is 11.8 Å². The van der Waals surface area contributed by atoms with Crippen molar-refractivity contribution in [1.29, 1.82) is 0 Å². The number of carbonyl (C=O) groups excluding carboxylic acids is 1. The normalized spacial score (nSPS) is 12.3. The Kier molecular flexibility index (Phi) is 9.70. The van der Waals surface area contributed by atoms with Gasteiger partial charge in [-0.2, -0.15) is 0 Å². The van der Waals surface area contributed by atoms with Gasteiger partial charge in [0, 0.05) is 31.1 Å². The lowest BCUT2D eigenvalue weighted by Gasteiger charge is -2.31. The van der Waals surface area contributed by atoms with Crippen LogP contribution in [-0.4, -0.2) is 41.2 Å². The van der Waals surface area contributed by atoms with Gasteiger partial charge in [-0.25, -0.2) is 4.79 Å². The number of non-ortho nitro benzene ring substituents is 1. The quantitative estimate of drug-likeness (QED) is 0.301. The van der Waals surface area contributed by atoms with Crippen molar-refractivity contribution in [2.45, 2.75) is 53.1 Å². The molecule has 0 aromatic heterocycles. The van der Waals surface area contributed by atoms with Crippen molar-refractivity contribution < 1.29 is 19.2 Å². The van der Waals surface area contributed by atoms with Gasteiger partial charge in [0.2, 0.25) is 0 Å². The molecule has 1 atom stereocenters. The van der Waals surface area contributed by atoms with Gasteiger partial charge in [-0.1, -0.05) is 44.2 Å². The molecular formula is C26H36N2O5. The number of benzene rings is 2. The van der Waals surface area contributed by atoms with Gasteiger partial charge in [-0.05, 0) is 57.2 Å². The first-order valence-corrected chi connectivity index (χ1v) is 11.4. The second-order valence-corrected chi connectivity index (χ2v) is 9.72. The number of carbonyl (C=O) groups is 1. The Hall–Kier alpha value is -3.09. The van der Waals surface area contributed by atoms with Crippen molar-refractivity contribution in [2.75, 3.05) is 19.7 Å². The summed E-state index contributed by atoms with van der Waals surface area (Å²) in [5.74, 6) is 1.39. The molecule has 7 heteroatoms. The van der Waals surface area contributed by atoms with Crippen LogP contribution in [0.2, 0.25) is 0 Å². The molecule has 0 heterocycles. The van der Waals surface area contributed by atoms with E-state index in [1.807, 2.05) is 51.1 Å². The number of hydrogen-bond donors (Lipinski definition) is 0. The van der Waals surface area contributed by atoms with Gasteiger partial charge in [-0.3, -0.25) is 10.1 Å². The summed E-state index contributed by atoms with van der Waals surface area (Å²) in [6.45, 7) is 11.3. The Morgan fingerprint density at radius 3 is 2.24 bits per heavy atom. The number of amides is 1. The number of nitro benzene ring substituents is 1. The molecule has 7 nitrogen and oxygen atoms in total. The van der Waals surface area contributed by atoms with Crippen LogP contribution in [0.4, 0.5) is 10.5 Å². The molecule has 1 amide bonds. The fourth-order valence-electron chi connectivity index (χ4n) is 3.54. The molecule has 2 aromatic rings. The summed E-state index contributed by atoms with van der Waals surface area (Å²) < 4.78 is 11.7. The molecule has 0 radical (unpaired) electrons. The topological polar surface area (TPSA) is 81.9 Å². The first-order valence-electron chi connectivity index (χ1n) is 11.4. The van der Waals surface area contributed by atoms with Crippen LogP contribution in [0.3, 0.4) is 0 Å². The molecule has 0 saturated heterocycles. The third-order valence-corrected chi connectivity index (χ3v) is 4.98. The highest BCUT2D eigenvalue weighted by atomic mass is 16.6. The second kappa shape index (κ2) is 12.2. The van der Waals surface area contributed by atoms with Crippen molar-refractivity contribution in [3.8, 4) is 5.75 Å². The molecule has 0 bridgehead atoms. The number of para-hydroxylation sites is 1. The Morgan fingerprint density at radius 1 is 1.06 bits per heavy atom. The van der Waals surface area contributed by atoms with Crippen molar-refractivity contribution in [3.05, 3.63) is 70.3 Å². The van der Waals surface area contributed by atoms with Gasteiger partial charge >= 0.3 is 6.09 Å². The van der Waals surface area contributed by atoms with E-state index in [1.54, 1.807) is 17.0 Å². The molecule has 0 aliphatic heterocycles. The van der Waals surface area contributed by atoms with Gasteiger partial charge in [0.25, 0.3) is 5.69 Å². The lowest BCUT2D eigenvalue weighted by atomic mass is 9.97. The summed E-state index contributed by atoms with van der Waals surface area (Å²) in [6.07, 6.45) is 1.12. The van der Waals surface area contributed by atoms with Gasteiger partial charge < -0.3 is 14.4 Å². The second-order valence-electron chi connectivity index (χ2n) is 9.72. The minimum Gasteiger partial charge on any atom is -0.493 e. The predicted octanol–water partition coefficient (Wildman–Crippen LogP) is 6.12. The van der Waals surface area contributed by atoms with E-state index in [0.29, 0.717) is 32.0 Å². The van der Waals surface area contributed by atoms with E-state index in [0.717, 1.165) is 17.7 Å². The highest BCUT2D eigenvalue weighted by Gasteiger charge is 2.25. The van der Waals surface area contributed by atoms with Crippen LogP contribution in [0.25, 0.3) is 0 Å². The first-order chi connectivity index (χ1) is 15.5. The van der Waals surface area contributed by atoms with E-state index in [2.05, 4.69) is 13.8 Å². The Bertz CT molecular complexity index is 876. The molecule has 0 saturated carbocycles. The lowest BCUT2D eigenvalue weighted by molar-refractivity contribution is -0.384. The molecule has 0 fully saturated rings. The maximum atomic E-state index is 13.0. The van der Waals surface area contributed by atoms with E-state index < -0.39 is 10.5 Å². The van der Waals surface area contributed by atoms with Crippen LogP contribution in [-0.2, 0) is 11.2 Å². The van der Waals surface area contributed by atoms with E-state index in [1.165, 1.54) is 12.1 Å². The zero-order valence-corrected chi connectivity index (χ0v) is 20.3. The zero-order valence-electron chi connectivity index (χ0n) is 20.3. The molecule has 0 aliphatic carbocycles. The Morgan fingerprint density at radius 2 is 1.70 bits per heavy atom. The van der Waals surface area contributed by atoms with Gasteiger partial charge in [0.05, 0.1) is 11.5 Å². The molecule has 0 unspecified atom stereocenters. The monoisotopic (exact) mass is 456 g/mol. The number of nitrogens with zero attached hydrogens (tertiary/aromatic N) is 2. The third-order valence-electron chi connectivity index (χ3n) is 4.98. The van der Waals surface area contributed by atoms with Crippen LogP contribution in [0, 0.1) is 22.0 Å². The van der Waals surface area contributed by atoms with Crippen molar-refractivity contribution in [2.24, 2.45) is 11.8 Å². The summed E-state index contributed by atoms with van der Waals surface area (Å²) in [6, 6.07) is 16.1. The largest absolute Gasteiger partial charge is 0.493 e. The lowest BCUT2D eigenvalue weighted by Crippen LogP contribution is -2.42. The maximum Gasteiger partial charge on any atom is 0.410 e. The van der Waals surface area contributed by atoms with Crippen LogP contribution in [0.1, 0.15) is 46.6 Å². The predicted molar refractivity (Wildman–Crippen MR) is 129 cm³/mol. The Balaban J connectivity index is 2.11. The standard InChI is InChI=1S/C26H36N2O5/c1-20(2)17-22(19-32-24-9-7-6-8-10-24)18-27(25(29)33-26(3,4)5)16-15-21-11-13-23(14-12-21)28(30)31/h6-14,20,22H,15-19H2,1-5H3/t22-/m0/s1. The van der Waals surface area contributed by atoms with Crippen LogP contribution in [0.5, 0.6) is 5.75 Å². The minimum atomic E-state index is -0.600. The molecular weight excluding hydrogens is 420 g/mol. The molecule has 0 aliphatic rings. The van der Waals surface area contributed by atoms with Crippen molar-refractivity contribution in [1.82, 2.24) is 4.90 Å². The number of nitro groups is 1. The molecule has 0 spiro atoms. The summed E-state index contributed by atoms with van der Waals surface area (Å²) in [5.41, 5.74) is 0.379. The molecule has 0 N–H and O–H groups in total. The smallest absolute Gasteiger partial charge is 0.410 e. The van der Waals surface area contributed by atoms with Gasteiger partial charge in [-0.15, -0.1) is 0 Å². The molecule has 2 aromatic carbocycles. The molecule has 2 rings (SSSR count). The summed E-state index contributed by atoms with van der Waals surface area (Å²) in [7, 11) is 0. The fraction of sp³-hybridized carbons (Fsp3) is 0.500. The van der Waals surface area contributed by atoms with Gasteiger partial charge in [0.1, 0.15) is 11.4 Å². The maximum absolute atomic E-state index is 13.0. The average Bonchev–Trinajstić information content (AvgIpc) is 2.74. The van der Waals surface area contributed by atoms with E-state index >= 15 is 0 Å². The van der Waals surface area contributed by atoms with Crippen LogP contribution >= 0.6 is 0 Å². The van der Waals surface area contributed by atoms with Crippen LogP contribution in [0.15, 0.2) is 54.6 Å². The van der Waals surface area contributed by atoms with Gasteiger partial charge in [0.15, 0.2) is 0 Å². The molecule has 180 valence electrons. The summed E-state index contributed by atoms with van der Waals surface area (Å²) in [5, 5.41) is 10.9. The highest BCUT2D eigenvalue weighted by molar-refractivity contribution is 5.68. The third kappa shape index (κ3) is 9.93. The van der Waals surface area contributed by atoms with E-state index in [-0.39, 0.29) is 17.7 Å².